The summed E-state index contributed by atoms with van der Waals surface area (Å²) in [6.45, 7) is 9.00. The van der Waals surface area contributed by atoms with Crippen molar-refractivity contribution >= 4 is 35.8 Å². The third kappa shape index (κ3) is 6.30. The van der Waals surface area contributed by atoms with Gasteiger partial charge in [-0.1, -0.05) is 0 Å². The Kier molecular flexibility index (Phi) is 9.43. The molecule has 28 heavy (non-hydrogen) atoms. The van der Waals surface area contributed by atoms with Crippen molar-refractivity contribution in [3.05, 3.63) is 29.6 Å². The maximum Gasteiger partial charge on any atom is 0.236 e. The molecule has 1 N–H and O–H groups in total. The van der Waals surface area contributed by atoms with Crippen molar-refractivity contribution in [1.82, 2.24) is 25.0 Å². The minimum atomic E-state index is 0. The SMILES string of the molecule is CN=C(NCCc1ccncc1C)N1CCN(CC(=O)N2CCCC2)CC1.I. The van der Waals surface area contributed by atoms with Gasteiger partial charge in [0.05, 0.1) is 6.54 Å². The molecule has 3 heterocycles. The molecule has 0 saturated carbocycles. The van der Waals surface area contributed by atoms with E-state index in [9.17, 15) is 4.79 Å². The van der Waals surface area contributed by atoms with Crippen molar-refractivity contribution in [3.63, 3.8) is 0 Å². The van der Waals surface area contributed by atoms with Gasteiger partial charge in [0.25, 0.3) is 0 Å². The number of aryl methyl sites for hydroxylation is 1. The van der Waals surface area contributed by atoms with Crippen LogP contribution in [0.4, 0.5) is 0 Å². The lowest BCUT2D eigenvalue weighted by Crippen LogP contribution is -2.54. The summed E-state index contributed by atoms with van der Waals surface area (Å²) in [6.07, 6.45) is 7.02. The highest BCUT2D eigenvalue weighted by molar-refractivity contribution is 14.0. The number of carbonyl (C=O) groups excluding carboxylic acids is 1. The zero-order valence-corrected chi connectivity index (χ0v) is 19.4. The monoisotopic (exact) mass is 500 g/mol. The van der Waals surface area contributed by atoms with Gasteiger partial charge in [-0.15, -0.1) is 24.0 Å². The molecule has 1 aromatic rings. The van der Waals surface area contributed by atoms with Gasteiger partial charge in [-0.05, 0) is 43.4 Å². The summed E-state index contributed by atoms with van der Waals surface area (Å²) < 4.78 is 0. The lowest BCUT2D eigenvalue weighted by molar-refractivity contribution is -0.131. The van der Waals surface area contributed by atoms with E-state index >= 15 is 0 Å². The Hall–Kier alpha value is -1.42. The van der Waals surface area contributed by atoms with Crippen LogP contribution < -0.4 is 5.32 Å². The number of hydrogen-bond acceptors (Lipinski definition) is 4. The fourth-order valence-electron chi connectivity index (χ4n) is 3.80. The summed E-state index contributed by atoms with van der Waals surface area (Å²) in [4.78, 5) is 27.5. The molecule has 8 heteroatoms. The van der Waals surface area contributed by atoms with Crippen LogP contribution in [0.5, 0.6) is 0 Å². The predicted molar refractivity (Wildman–Crippen MR) is 123 cm³/mol. The summed E-state index contributed by atoms with van der Waals surface area (Å²) >= 11 is 0. The van der Waals surface area contributed by atoms with Crippen LogP contribution in [-0.4, -0.2) is 91.0 Å². The number of aromatic nitrogens is 1. The number of carbonyl (C=O) groups is 1. The van der Waals surface area contributed by atoms with Gasteiger partial charge in [0.15, 0.2) is 5.96 Å². The molecule has 3 rings (SSSR count). The van der Waals surface area contributed by atoms with Gasteiger partial charge >= 0.3 is 0 Å². The molecule has 2 saturated heterocycles. The Morgan fingerprint density at radius 2 is 1.86 bits per heavy atom. The zero-order valence-electron chi connectivity index (χ0n) is 17.1. The fraction of sp³-hybridized carbons (Fsp3) is 0.650. The highest BCUT2D eigenvalue weighted by Gasteiger charge is 2.24. The number of guanidine groups is 1. The van der Waals surface area contributed by atoms with Crippen LogP contribution >= 0.6 is 24.0 Å². The lowest BCUT2D eigenvalue weighted by atomic mass is 10.1. The summed E-state index contributed by atoms with van der Waals surface area (Å²) in [5.41, 5.74) is 2.55. The molecule has 2 aliphatic heterocycles. The van der Waals surface area contributed by atoms with E-state index < -0.39 is 0 Å². The van der Waals surface area contributed by atoms with Crippen LogP contribution in [0, 0.1) is 6.92 Å². The molecule has 1 amide bonds. The number of hydrogen-bond donors (Lipinski definition) is 1. The average Bonchev–Trinajstić information content (AvgIpc) is 3.22. The highest BCUT2D eigenvalue weighted by atomic mass is 127. The second kappa shape index (κ2) is 11.5. The van der Waals surface area contributed by atoms with Crippen LogP contribution in [0.2, 0.25) is 0 Å². The van der Waals surface area contributed by atoms with Gasteiger partial charge in [0.1, 0.15) is 0 Å². The van der Waals surface area contributed by atoms with Gasteiger partial charge in [0, 0.05) is 65.3 Å². The Morgan fingerprint density at radius 3 is 2.50 bits per heavy atom. The van der Waals surface area contributed by atoms with Crippen molar-refractivity contribution in [2.75, 3.05) is 59.4 Å². The predicted octanol–water partition coefficient (Wildman–Crippen LogP) is 1.37. The number of rotatable bonds is 5. The van der Waals surface area contributed by atoms with Gasteiger partial charge in [-0.25, -0.2) is 0 Å². The highest BCUT2D eigenvalue weighted by Crippen LogP contribution is 2.10. The second-order valence-corrected chi connectivity index (χ2v) is 7.38. The molecule has 2 fully saturated rings. The van der Waals surface area contributed by atoms with E-state index in [0.717, 1.165) is 71.0 Å². The van der Waals surface area contributed by atoms with Crippen molar-refractivity contribution in [3.8, 4) is 0 Å². The third-order valence-corrected chi connectivity index (χ3v) is 5.52. The average molecular weight is 500 g/mol. The van der Waals surface area contributed by atoms with Gasteiger partial charge in [0.2, 0.25) is 5.91 Å². The van der Waals surface area contributed by atoms with E-state index in [1.54, 1.807) is 0 Å². The molecule has 1 aromatic heterocycles. The number of piperazine rings is 1. The van der Waals surface area contributed by atoms with Crippen molar-refractivity contribution in [2.24, 2.45) is 4.99 Å². The van der Waals surface area contributed by atoms with E-state index in [0.29, 0.717) is 6.54 Å². The first-order valence-electron chi connectivity index (χ1n) is 10.0. The van der Waals surface area contributed by atoms with Gasteiger partial charge in [-0.3, -0.25) is 19.7 Å². The molecule has 0 atom stereocenters. The fourth-order valence-corrected chi connectivity index (χ4v) is 3.80. The molecule has 0 spiro atoms. The van der Waals surface area contributed by atoms with E-state index in [4.69, 9.17) is 0 Å². The number of nitrogens with zero attached hydrogens (tertiary/aromatic N) is 5. The first kappa shape index (κ1) is 22.9. The number of amides is 1. The molecule has 7 nitrogen and oxygen atoms in total. The molecule has 0 aliphatic carbocycles. The second-order valence-electron chi connectivity index (χ2n) is 7.38. The van der Waals surface area contributed by atoms with Crippen LogP contribution in [0.1, 0.15) is 24.0 Å². The number of nitrogens with one attached hydrogen (secondary N) is 1. The third-order valence-electron chi connectivity index (χ3n) is 5.52. The minimum absolute atomic E-state index is 0. The quantitative estimate of drug-likeness (QED) is 0.376. The van der Waals surface area contributed by atoms with Crippen LogP contribution in [0.15, 0.2) is 23.5 Å². The number of halogens is 1. The first-order chi connectivity index (χ1) is 13.2. The first-order valence-corrected chi connectivity index (χ1v) is 10.0. The normalized spacial score (nSPS) is 18.1. The molecular formula is C20H33IN6O. The largest absolute Gasteiger partial charge is 0.356 e. The number of aliphatic imine (C=N–C) groups is 1. The maximum atomic E-state index is 12.3. The van der Waals surface area contributed by atoms with Gasteiger partial charge in [-0.2, -0.15) is 0 Å². The smallest absolute Gasteiger partial charge is 0.236 e. The standard InChI is InChI=1S/C20H32N6O.HI/c1-17-15-22-7-5-18(17)6-8-23-20(21-2)26-13-11-24(12-14-26)16-19(27)25-9-3-4-10-25;/h5,7,15H,3-4,6,8-14,16H2,1-2H3,(H,21,23);1H. The van der Waals surface area contributed by atoms with E-state index in [1.807, 2.05) is 24.3 Å². The van der Waals surface area contributed by atoms with Crippen molar-refractivity contribution in [1.29, 1.82) is 0 Å². The molecule has 0 radical (unpaired) electrons. The zero-order chi connectivity index (χ0) is 19.1. The summed E-state index contributed by atoms with van der Waals surface area (Å²) in [7, 11) is 1.84. The number of likely N-dealkylation sites (tertiary alicyclic amines) is 1. The van der Waals surface area contributed by atoms with Crippen LogP contribution in [-0.2, 0) is 11.2 Å². The maximum absolute atomic E-state index is 12.3. The van der Waals surface area contributed by atoms with E-state index in [1.165, 1.54) is 11.1 Å². The van der Waals surface area contributed by atoms with Crippen molar-refractivity contribution < 1.29 is 4.79 Å². The van der Waals surface area contributed by atoms with E-state index in [2.05, 4.69) is 38.1 Å². The van der Waals surface area contributed by atoms with Crippen LogP contribution in [0.3, 0.4) is 0 Å². The molecule has 0 aromatic carbocycles. The molecule has 0 unspecified atom stereocenters. The Labute approximate surface area is 185 Å². The summed E-state index contributed by atoms with van der Waals surface area (Å²) in [5.74, 6) is 1.24. The Balaban J connectivity index is 0.00000280. The Morgan fingerprint density at radius 1 is 1.14 bits per heavy atom. The summed E-state index contributed by atoms with van der Waals surface area (Å²) in [6, 6.07) is 2.08. The molecular weight excluding hydrogens is 467 g/mol. The number of pyridine rings is 1. The minimum Gasteiger partial charge on any atom is -0.356 e. The molecule has 2 aliphatic rings. The topological polar surface area (TPSA) is 64.1 Å². The van der Waals surface area contributed by atoms with Gasteiger partial charge < -0.3 is 15.1 Å². The van der Waals surface area contributed by atoms with Crippen LogP contribution in [0.25, 0.3) is 0 Å². The van der Waals surface area contributed by atoms with E-state index in [-0.39, 0.29) is 29.9 Å². The van der Waals surface area contributed by atoms with Crippen molar-refractivity contribution in [2.45, 2.75) is 26.2 Å². The lowest BCUT2D eigenvalue weighted by Gasteiger charge is -2.36. The molecule has 0 bridgehead atoms. The Bertz CT molecular complexity index is 654. The summed E-state index contributed by atoms with van der Waals surface area (Å²) in [5, 5.41) is 3.48. The molecule has 156 valence electrons.